The summed E-state index contributed by atoms with van der Waals surface area (Å²) in [6.07, 6.45) is 0. The molecule has 1 aliphatic heterocycles. The van der Waals surface area contributed by atoms with Crippen LogP contribution in [0.15, 0.2) is 35.0 Å². The Labute approximate surface area is 141 Å². The number of hydrogen-bond donors (Lipinski definition) is 1. The zero-order valence-electron chi connectivity index (χ0n) is 13.7. The Bertz CT molecular complexity index is 641. The summed E-state index contributed by atoms with van der Waals surface area (Å²) in [5, 5.41) is 7.33. The Morgan fingerprint density at radius 1 is 1.13 bits per heavy atom. The van der Waals surface area contributed by atoms with E-state index in [9.17, 15) is 4.79 Å². The van der Waals surface area contributed by atoms with Gasteiger partial charge in [-0.1, -0.05) is 6.07 Å². The van der Waals surface area contributed by atoms with Crippen molar-refractivity contribution in [3.63, 3.8) is 0 Å². The fraction of sp³-hybridized carbons (Fsp3) is 0.389. The maximum absolute atomic E-state index is 12.4. The van der Waals surface area contributed by atoms with Crippen molar-refractivity contribution in [1.82, 2.24) is 9.80 Å². The van der Waals surface area contributed by atoms with Crippen LogP contribution in [0.4, 0.5) is 10.5 Å². The number of aryl methyl sites for hydroxylation is 2. The number of anilines is 1. The Hall–Kier alpha value is -1.85. The first-order valence-electron chi connectivity index (χ1n) is 7.98. The molecule has 0 spiro atoms. The van der Waals surface area contributed by atoms with E-state index in [1.54, 1.807) is 11.3 Å². The molecule has 1 aromatic heterocycles. The molecule has 23 heavy (non-hydrogen) atoms. The van der Waals surface area contributed by atoms with Crippen LogP contribution in [0, 0.1) is 13.8 Å². The average Bonchev–Trinajstić information content (AvgIpc) is 3.00. The van der Waals surface area contributed by atoms with Gasteiger partial charge in [0.05, 0.1) is 0 Å². The molecule has 1 fully saturated rings. The van der Waals surface area contributed by atoms with Crippen LogP contribution in [-0.4, -0.2) is 42.0 Å². The number of carbonyl (C=O) groups is 1. The quantitative estimate of drug-likeness (QED) is 0.931. The molecule has 2 amide bonds. The first-order chi connectivity index (χ1) is 11.1. The van der Waals surface area contributed by atoms with Crippen molar-refractivity contribution in [3.8, 4) is 0 Å². The number of nitrogens with zero attached hydrogens (tertiary/aromatic N) is 2. The number of carbonyl (C=O) groups excluding carboxylic acids is 1. The van der Waals surface area contributed by atoms with Crippen molar-refractivity contribution in [2.45, 2.75) is 20.4 Å². The van der Waals surface area contributed by atoms with Crippen LogP contribution >= 0.6 is 11.3 Å². The molecule has 122 valence electrons. The first-order valence-corrected chi connectivity index (χ1v) is 8.92. The van der Waals surface area contributed by atoms with E-state index < -0.39 is 0 Å². The predicted octanol–water partition coefficient (Wildman–Crippen LogP) is 3.71. The molecule has 0 bridgehead atoms. The highest BCUT2D eigenvalue weighted by Gasteiger charge is 2.21. The van der Waals surface area contributed by atoms with E-state index in [4.69, 9.17) is 0 Å². The summed E-state index contributed by atoms with van der Waals surface area (Å²) in [6.45, 7) is 8.49. The SMILES string of the molecule is Cc1cc(C)cc(NC(=O)N2CCN(Cc3ccsc3)CC2)c1. The van der Waals surface area contributed by atoms with Gasteiger partial charge in [-0.2, -0.15) is 11.3 Å². The predicted molar refractivity (Wildman–Crippen MR) is 96.1 cm³/mol. The standard InChI is InChI=1S/C18H23N3OS/c1-14-9-15(2)11-17(10-14)19-18(22)21-6-4-20(5-7-21)12-16-3-8-23-13-16/h3,8-11,13H,4-7,12H2,1-2H3,(H,19,22). The molecule has 1 aliphatic rings. The van der Waals surface area contributed by atoms with E-state index in [1.165, 1.54) is 16.7 Å². The minimum atomic E-state index is 0.00480. The normalized spacial score (nSPS) is 15.7. The monoisotopic (exact) mass is 329 g/mol. The van der Waals surface area contributed by atoms with Gasteiger partial charge in [-0.25, -0.2) is 4.79 Å². The number of thiophene rings is 1. The molecule has 0 radical (unpaired) electrons. The summed E-state index contributed by atoms with van der Waals surface area (Å²) in [7, 11) is 0. The molecule has 3 rings (SSSR count). The number of piperazine rings is 1. The summed E-state index contributed by atoms with van der Waals surface area (Å²) in [5.41, 5.74) is 4.58. The van der Waals surface area contributed by atoms with Crippen molar-refractivity contribution in [2.24, 2.45) is 0 Å². The van der Waals surface area contributed by atoms with Gasteiger partial charge in [-0.15, -0.1) is 0 Å². The van der Waals surface area contributed by atoms with E-state index >= 15 is 0 Å². The van der Waals surface area contributed by atoms with E-state index in [-0.39, 0.29) is 6.03 Å². The van der Waals surface area contributed by atoms with E-state index in [0.717, 1.165) is 38.4 Å². The molecule has 4 nitrogen and oxygen atoms in total. The fourth-order valence-electron chi connectivity index (χ4n) is 3.00. The largest absolute Gasteiger partial charge is 0.322 e. The van der Waals surface area contributed by atoms with Gasteiger partial charge in [0, 0.05) is 38.4 Å². The maximum Gasteiger partial charge on any atom is 0.321 e. The van der Waals surface area contributed by atoms with Crippen LogP contribution in [0.5, 0.6) is 0 Å². The number of amides is 2. The Morgan fingerprint density at radius 3 is 2.43 bits per heavy atom. The van der Waals surface area contributed by atoms with Crippen molar-refractivity contribution in [2.75, 3.05) is 31.5 Å². The average molecular weight is 329 g/mol. The second-order valence-electron chi connectivity index (χ2n) is 6.20. The molecule has 1 aromatic carbocycles. The number of rotatable bonds is 3. The van der Waals surface area contributed by atoms with Gasteiger partial charge in [0.2, 0.25) is 0 Å². The second kappa shape index (κ2) is 7.15. The second-order valence-corrected chi connectivity index (χ2v) is 6.98. The van der Waals surface area contributed by atoms with Crippen molar-refractivity contribution in [3.05, 3.63) is 51.7 Å². The van der Waals surface area contributed by atoms with Crippen LogP contribution < -0.4 is 5.32 Å². The van der Waals surface area contributed by atoms with Crippen LogP contribution in [0.25, 0.3) is 0 Å². The Kier molecular flexibility index (Phi) is 4.98. The fourth-order valence-corrected chi connectivity index (χ4v) is 3.66. The smallest absolute Gasteiger partial charge is 0.321 e. The van der Waals surface area contributed by atoms with Gasteiger partial charge in [0.25, 0.3) is 0 Å². The minimum absolute atomic E-state index is 0.00480. The lowest BCUT2D eigenvalue weighted by Gasteiger charge is -2.34. The Morgan fingerprint density at radius 2 is 1.83 bits per heavy atom. The van der Waals surface area contributed by atoms with Crippen molar-refractivity contribution < 1.29 is 4.79 Å². The highest BCUT2D eigenvalue weighted by Crippen LogP contribution is 2.16. The minimum Gasteiger partial charge on any atom is -0.322 e. The van der Waals surface area contributed by atoms with E-state index in [1.807, 2.05) is 30.9 Å². The summed E-state index contributed by atoms with van der Waals surface area (Å²) >= 11 is 1.74. The first kappa shape index (κ1) is 16.0. The molecular formula is C18H23N3OS. The molecule has 1 N–H and O–H groups in total. The van der Waals surface area contributed by atoms with Crippen LogP contribution in [0.1, 0.15) is 16.7 Å². The van der Waals surface area contributed by atoms with Gasteiger partial charge < -0.3 is 10.2 Å². The third-order valence-corrected chi connectivity index (χ3v) is 4.85. The molecule has 1 saturated heterocycles. The Balaban J connectivity index is 1.51. The molecular weight excluding hydrogens is 306 g/mol. The van der Waals surface area contributed by atoms with Gasteiger partial charge in [0.15, 0.2) is 0 Å². The number of hydrogen-bond acceptors (Lipinski definition) is 3. The third kappa shape index (κ3) is 4.33. The summed E-state index contributed by atoms with van der Waals surface area (Å²) in [4.78, 5) is 16.7. The van der Waals surface area contributed by atoms with Crippen molar-refractivity contribution >= 4 is 23.1 Å². The van der Waals surface area contributed by atoms with Crippen molar-refractivity contribution in [1.29, 1.82) is 0 Å². The lowest BCUT2D eigenvalue weighted by molar-refractivity contribution is 0.143. The number of benzene rings is 1. The summed E-state index contributed by atoms with van der Waals surface area (Å²) in [5.74, 6) is 0. The van der Waals surface area contributed by atoms with Crippen LogP contribution in [0.3, 0.4) is 0 Å². The highest BCUT2D eigenvalue weighted by molar-refractivity contribution is 7.07. The van der Waals surface area contributed by atoms with Crippen LogP contribution in [0.2, 0.25) is 0 Å². The summed E-state index contributed by atoms with van der Waals surface area (Å²) < 4.78 is 0. The molecule has 0 aliphatic carbocycles. The van der Waals surface area contributed by atoms with Gasteiger partial charge in [-0.05, 0) is 59.5 Å². The van der Waals surface area contributed by atoms with E-state index in [2.05, 4.69) is 33.1 Å². The lowest BCUT2D eigenvalue weighted by Crippen LogP contribution is -2.49. The lowest BCUT2D eigenvalue weighted by atomic mass is 10.1. The van der Waals surface area contributed by atoms with Gasteiger partial charge >= 0.3 is 6.03 Å². The molecule has 0 atom stereocenters. The molecule has 2 heterocycles. The molecule has 2 aromatic rings. The topological polar surface area (TPSA) is 35.6 Å². The summed E-state index contributed by atoms with van der Waals surface area (Å²) in [6, 6.07) is 8.31. The third-order valence-electron chi connectivity index (χ3n) is 4.12. The molecule has 5 heteroatoms. The van der Waals surface area contributed by atoms with Gasteiger partial charge in [-0.3, -0.25) is 4.90 Å². The van der Waals surface area contributed by atoms with Gasteiger partial charge in [0.1, 0.15) is 0 Å². The van der Waals surface area contributed by atoms with Crippen LogP contribution in [-0.2, 0) is 6.54 Å². The molecule has 0 saturated carbocycles. The molecule has 0 unspecified atom stereocenters. The highest BCUT2D eigenvalue weighted by atomic mass is 32.1. The maximum atomic E-state index is 12.4. The number of urea groups is 1. The van der Waals surface area contributed by atoms with E-state index in [0.29, 0.717) is 0 Å². The number of nitrogens with one attached hydrogen (secondary N) is 1. The zero-order valence-corrected chi connectivity index (χ0v) is 14.5. The zero-order chi connectivity index (χ0) is 16.2.